The lowest BCUT2D eigenvalue weighted by Crippen LogP contribution is -2.16. The number of carbonyl (C=O) groups excluding carboxylic acids is 2. The topological polar surface area (TPSA) is 103 Å². The van der Waals surface area contributed by atoms with Crippen LogP contribution < -0.4 is 11.2 Å². The van der Waals surface area contributed by atoms with Crippen molar-refractivity contribution < 1.29 is 9.59 Å². The Morgan fingerprint density at radius 1 is 1.19 bits per heavy atom. The van der Waals surface area contributed by atoms with Gasteiger partial charge in [-0.05, 0) is 43.3 Å². The van der Waals surface area contributed by atoms with Gasteiger partial charge in [0.1, 0.15) is 0 Å². The van der Waals surface area contributed by atoms with Crippen LogP contribution in [-0.2, 0) is 4.79 Å². The van der Waals surface area contributed by atoms with Gasteiger partial charge in [-0.2, -0.15) is 0 Å². The number of rotatable bonds is 6. The largest absolute Gasteiger partial charge is 0.335 e. The number of aromatic nitrogens is 3. The maximum Gasteiger partial charge on any atom is 0.234 e. The third-order valence-corrected chi connectivity index (χ3v) is 4.83. The van der Waals surface area contributed by atoms with Gasteiger partial charge < -0.3 is 11.2 Å². The molecule has 3 rings (SSSR count). The first kappa shape index (κ1) is 18.9. The first-order valence-corrected chi connectivity index (χ1v) is 9.30. The van der Waals surface area contributed by atoms with E-state index in [4.69, 9.17) is 17.4 Å². The van der Waals surface area contributed by atoms with Crippen LogP contribution in [0.5, 0.6) is 0 Å². The second-order valence-corrected chi connectivity index (χ2v) is 7.04. The summed E-state index contributed by atoms with van der Waals surface area (Å²) in [5, 5.41) is 11.8. The van der Waals surface area contributed by atoms with Crippen LogP contribution in [0.2, 0.25) is 5.02 Å². The third kappa shape index (κ3) is 4.66. The van der Waals surface area contributed by atoms with Gasteiger partial charge in [0.15, 0.2) is 11.6 Å². The molecule has 2 aromatic carbocycles. The van der Waals surface area contributed by atoms with Crippen molar-refractivity contribution in [1.29, 1.82) is 0 Å². The van der Waals surface area contributed by atoms with Crippen molar-refractivity contribution in [3.05, 3.63) is 59.1 Å². The van der Waals surface area contributed by atoms with E-state index in [0.717, 1.165) is 5.56 Å². The Morgan fingerprint density at radius 2 is 1.93 bits per heavy atom. The molecule has 0 aliphatic rings. The highest BCUT2D eigenvalue weighted by Gasteiger charge is 2.14. The number of carbonyl (C=O) groups is 2. The molecule has 0 bridgehead atoms. The number of ketones is 1. The molecule has 0 saturated carbocycles. The van der Waals surface area contributed by atoms with Gasteiger partial charge in [-0.25, -0.2) is 4.68 Å². The van der Waals surface area contributed by atoms with Crippen molar-refractivity contribution in [2.45, 2.75) is 12.1 Å². The molecular formula is C18H16ClN5O2S. The number of Topliss-reactive ketones (excluding diaryl/α,β-unsaturated/α-hetero) is 1. The maximum absolute atomic E-state index is 12.1. The predicted octanol–water partition coefficient (Wildman–Crippen LogP) is 3.25. The fourth-order valence-electron chi connectivity index (χ4n) is 2.32. The summed E-state index contributed by atoms with van der Waals surface area (Å²) in [5.41, 5.74) is 1.94. The van der Waals surface area contributed by atoms with Crippen LogP contribution in [0.3, 0.4) is 0 Å². The average molecular weight is 402 g/mol. The Balaban J connectivity index is 1.61. The number of halogens is 1. The smallest absolute Gasteiger partial charge is 0.234 e. The van der Waals surface area contributed by atoms with Crippen molar-refractivity contribution in [2.24, 2.45) is 0 Å². The molecule has 1 amide bonds. The van der Waals surface area contributed by atoms with Crippen molar-refractivity contribution in [3.63, 3.8) is 0 Å². The SMILES string of the molecule is CC(=O)c1ccc(NC(=O)CSc2nnc(-c3cccc(Cl)c3)n2N)cc1. The number of nitrogen functional groups attached to an aromatic ring is 1. The van der Waals surface area contributed by atoms with E-state index in [1.54, 1.807) is 42.5 Å². The number of nitrogens with zero attached hydrogens (tertiary/aromatic N) is 3. The van der Waals surface area contributed by atoms with Gasteiger partial charge in [0.2, 0.25) is 11.1 Å². The van der Waals surface area contributed by atoms with Crippen LogP contribution in [0.4, 0.5) is 5.69 Å². The summed E-state index contributed by atoms with van der Waals surface area (Å²) in [7, 11) is 0. The van der Waals surface area contributed by atoms with E-state index in [2.05, 4.69) is 15.5 Å². The number of thioether (sulfide) groups is 1. The van der Waals surface area contributed by atoms with Crippen molar-refractivity contribution >= 4 is 40.7 Å². The monoisotopic (exact) mass is 401 g/mol. The molecule has 1 aromatic heterocycles. The van der Waals surface area contributed by atoms with Crippen LogP contribution in [0, 0.1) is 0 Å². The van der Waals surface area contributed by atoms with Crippen molar-refractivity contribution in [3.8, 4) is 11.4 Å². The molecule has 0 fully saturated rings. The van der Waals surface area contributed by atoms with E-state index in [1.807, 2.05) is 6.07 Å². The van der Waals surface area contributed by atoms with Crippen LogP contribution in [0.1, 0.15) is 17.3 Å². The molecule has 3 aromatic rings. The highest BCUT2D eigenvalue weighted by atomic mass is 35.5. The Hall–Kier alpha value is -2.84. The fourth-order valence-corrected chi connectivity index (χ4v) is 3.16. The second kappa shape index (κ2) is 8.24. The minimum Gasteiger partial charge on any atom is -0.335 e. The predicted molar refractivity (Wildman–Crippen MR) is 106 cm³/mol. The molecule has 0 aliphatic carbocycles. The molecule has 1 heterocycles. The lowest BCUT2D eigenvalue weighted by atomic mass is 10.1. The standard InChI is InChI=1S/C18H16ClN5O2S/c1-11(25)12-5-7-15(8-6-12)21-16(26)10-27-18-23-22-17(24(18)20)13-3-2-4-14(19)9-13/h2-9H,10,20H2,1H3,(H,21,26). The third-order valence-electron chi connectivity index (χ3n) is 3.65. The van der Waals surface area contributed by atoms with E-state index in [9.17, 15) is 9.59 Å². The summed E-state index contributed by atoms with van der Waals surface area (Å²) < 4.78 is 1.32. The van der Waals surface area contributed by atoms with Gasteiger partial charge in [-0.1, -0.05) is 35.5 Å². The Morgan fingerprint density at radius 3 is 2.59 bits per heavy atom. The number of hydrogen-bond acceptors (Lipinski definition) is 6. The first-order valence-electron chi connectivity index (χ1n) is 7.94. The van der Waals surface area contributed by atoms with E-state index >= 15 is 0 Å². The zero-order valence-corrected chi connectivity index (χ0v) is 15.9. The molecule has 7 nitrogen and oxygen atoms in total. The van der Waals surface area contributed by atoms with Crippen LogP contribution in [0.25, 0.3) is 11.4 Å². The quantitative estimate of drug-likeness (QED) is 0.373. The van der Waals surface area contributed by atoms with Gasteiger partial charge in [0.25, 0.3) is 0 Å². The molecule has 138 valence electrons. The van der Waals surface area contributed by atoms with E-state index in [1.165, 1.54) is 23.4 Å². The summed E-state index contributed by atoms with van der Waals surface area (Å²) in [5.74, 6) is 6.36. The average Bonchev–Trinajstić information content (AvgIpc) is 3.01. The zero-order chi connectivity index (χ0) is 19.4. The van der Waals surface area contributed by atoms with Gasteiger partial charge in [-0.15, -0.1) is 10.2 Å². The Labute approximate surface area is 164 Å². The van der Waals surface area contributed by atoms with Crippen LogP contribution in [0.15, 0.2) is 53.7 Å². The molecule has 9 heteroatoms. The maximum atomic E-state index is 12.1. The Kier molecular flexibility index (Phi) is 5.78. The lowest BCUT2D eigenvalue weighted by molar-refractivity contribution is -0.113. The first-order chi connectivity index (χ1) is 12.9. The number of anilines is 1. The summed E-state index contributed by atoms with van der Waals surface area (Å²) in [6.07, 6.45) is 0. The second-order valence-electron chi connectivity index (χ2n) is 5.66. The van der Waals surface area contributed by atoms with Gasteiger partial charge in [0, 0.05) is 21.8 Å². The normalized spacial score (nSPS) is 10.6. The number of nitrogens with two attached hydrogens (primary N) is 1. The van der Waals surface area contributed by atoms with E-state index < -0.39 is 0 Å². The van der Waals surface area contributed by atoms with Crippen molar-refractivity contribution in [1.82, 2.24) is 14.9 Å². The van der Waals surface area contributed by atoms with Gasteiger partial charge in [0.05, 0.1) is 5.75 Å². The number of amides is 1. The van der Waals surface area contributed by atoms with E-state index in [-0.39, 0.29) is 17.4 Å². The lowest BCUT2D eigenvalue weighted by Gasteiger charge is -2.06. The molecular weight excluding hydrogens is 386 g/mol. The fraction of sp³-hybridized carbons (Fsp3) is 0.111. The highest BCUT2D eigenvalue weighted by Crippen LogP contribution is 2.24. The van der Waals surface area contributed by atoms with Crippen LogP contribution in [-0.4, -0.2) is 32.3 Å². The molecule has 0 saturated heterocycles. The molecule has 0 radical (unpaired) electrons. The molecule has 0 spiro atoms. The minimum atomic E-state index is -0.220. The summed E-state index contributed by atoms with van der Waals surface area (Å²) in [6, 6.07) is 13.8. The molecule has 0 atom stereocenters. The highest BCUT2D eigenvalue weighted by molar-refractivity contribution is 7.99. The summed E-state index contributed by atoms with van der Waals surface area (Å²) >= 11 is 7.15. The molecule has 27 heavy (non-hydrogen) atoms. The molecule has 0 aliphatic heterocycles. The number of nitrogens with one attached hydrogen (secondary N) is 1. The van der Waals surface area contributed by atoms with Crippen molar-refractivity contribution in [2.75, 3.05) is 16.9 Å². The van der Waals surface area contributed by atoms with Crippen LogP contribution >= 0.6 is 23.4 Å². The number of hydrogen-bond donors (Lipinski definition) is 2. The zero-order valence-electron chi connectivity index (χ0n) is 14.3. The molecule has 0 unspecified atom stereocenters. The summed E-state index contributed by atoms with van der Waals surface area (Å²) in [6.45, 7) is 1.49. The minimum absolute atomic E-state index is 0.0266. The van der Waals surface area contributed by atoms with Gasteiger partial charge in [-0.3, -0.25) is 9.59 Å². The Bertz CT molecular complexity index is 988. The summed E-state index contributed by atoms with van der Waals surface area (Å²) in [4.78, 5) is 23.4. The van der Waals surface area contributed by atoms with E-state index in [0.29, 0.717) is 27.3 Å². The molecule has 3 N–H and O–H groups in total. The van der Waals surface area contributed by atoms with Gasteiger partial charge >= 0.3 is 0 Å². The number of benzene rings is 2.